The van der Waals surface area contributed by atoms with E-state index in [9.17, 15) is 14.0 Å². The first-order valence-electron chi connectivity index (χ1n) is 4.61. The summed E-state index contributed by atoms with van der Waals surface area (Å²) in [5.41, 5.74) is 5.18. The van der Waals surface area contributed by atoms with Gasteiger partial charge in [-0.2, -0.15) is 0 Å². The van der Waals surface area contributed by atoms with Crippen molar-refractivity contribution >= 4 is 17.6 Å². The minimum atomic E-state index is -0.790. The SMILES string of the molecule is CC(NC(N)=O)C(=O)Nc1cccc(F)c1. The second-order valence-electron chi connectivity index (χ2n) is 3.23. The molecule has 3 amide bonds. The lowest BCUT2D eigenvalue weighted by Gasteiger charge is -2.12. The average molecular weight is 225 g/mol. The van der Waals surface area contributed by atoms with Crippen LogP contribution in [-0.2, 0) is 4.79 Å². The minimum Gasteiger partial charge on any atom is -0.352 e. The smallest absolute Gasteiger partial charge is 0.312 e. The Labute approximate surface area is 91.8 Å². The largest absolute Gasteiger partial charge is 0.352 e. The Kier molecular flexibility index (Phi) is 3.82. The van der Waals surface area contributed by atoms with Crippen LogP contribution in [0.2, 0.25) is 0 Å². The fraction of sp³-hybridized carbons (Fsp3) is 0.200. The number of nitrogens with two attached hydrogens (primary N) is 1. The lowest BCUT2D eigenvalue weighted by atomic mass is 10.2. The van der Waals surface area contributed by atoms with E-state index in [1.165, 1.54) is 31.2 Å². The molecule has 0 heterocycles. The van der Waals surface area contributed by atoms with Crippen molar-refractivity contribution < 1.29 is 14.0 Å². The number of primary amides is 1. The minimum absolute atomic E-state index is 0.322. The van der Waals surface area contributed by atoms with Gasteiger partial charge in [-0.1, -0.05) is 6.07 Å². The summed E-state index contributed by atoms with van der Waals surface area (Å²) in [5, 5.41) is 4.65. The van der Waals surface area contributed by atoms with Crippen LogP contribution in [0, 0.1) is 5.82 Å². The molecule has 5 nitrogen and oxygen atoms in total. The molecule has 0 bridgehead atoms. The number of carbonyl (C=O) groups excluding carboxylic acids is 2. The molecule has 0 aliphatic heterocycles. The number of anilines is 1. The van der Waals surface area contributed by atoms with Crippen LogP contribution in [0.25, 0.3) is 0 Å². The zero-order valence-corrected chi connectivity index (χ0v) is 8.66. The Balaban J connectivity index is 2.60. The van der Waals surface area contributed by atoms with Gasteiger partial charge in [0.25, 0.3) is 0 Å². The highest BCUT2D eigenvalue weighted by molar-refractivity contribution is 5.96. The first-order valence-corrected chi connectivity index (χ1v) is 4.61. The normalized spacial score (nSPS) is 11.6. The molecule has 1 atom stereocenters. The van der Waals surface area contributed by atoms with Crippen LogP contribution < -0.4 is 16.4 Å². The molecule has 0 aliphatic rings. The van der Waals surface area contributed by atoms with Gasteiger partial charge < -0.3 is 16.4 Å². The zero-order valence-electron chi connectivity index (χ0n) is 8.66. The van der Waals surface area contributed by atoms with E-state index in [0.29, 0.717) is 5.69 Å². The zero-order chi connectivity index (χ0) is 12.1. The van der Waals surface area contributed by atoms with Crippen molar-refractivity contribution in [1.82, 2.24) is 5.32 Å². The van der Waals surface area contributed by atoms with Gasteiger partial charge in [-0.05, 0) is 25.1 Å². The molecule has 16 heavy (non-hydrogen) atoms. The number of benzene rings is 1. The molecular weight excluding hydrogens is 213 g/mol. The first kappa shape index (κ1) is 12.0. The van der Waals surface area contributed by atoms with Gasteiger partial charge in [0.2, 0.25) is 5.91 Å². The Morgan fingerprint density at radius 1 is 1.44 bits per heavy atom. The van der Waals surface area contributed by atoms with E-state index < -0.39 is 23.8 Å². The summed E-state index contributed by atoms with van der Waals surface area (Å²) in [6.45, 7) is 1.47. The van der Waals surface area contributed by atoms with Crippen LogP contribution in [0.3, 0.4) is 0 Å². The fourth-order valence-electron chi connectivity index (χ4n) is 1.10. The number of hydrogen-bond acceptors (Lipinski definition) is 2. The molecule has 0 radical (unpaired) electrons. The number of urea groups is 1. The molecule has 1 rings (SSSR count). The van der Waals surface area contributed by atoms with Crippen molar-refractivity contribution in [3.05, 3.63) is 30.1 Å². The van der Waals surface area contributed by atoms with Gasteiger partial charge in [0, 0.05) is 5.69 Å². The van der Waals surface area contributed by atoms with Crippen LogP contribution in [-0.4, -0.2) is 18.0 Å². The van der Waals surface area contributed by atoms with Crippen molar-refractivity contribution in [2.75, 3.05) is 5.32 Å². The predicted octanol–water partition coefficient (Wildman–Crippen LogP) is 0.821. The summed E-state index contributed by atoms with van der Waals surface area (Å²) in [6.07, 6.45) is 0. The molecular formula is C10H12FN3O2. The topological polar surface area (TPSA) is 84.2 Å². The summed E-state index contributed by atoms with van der Waals surface area (Å²) in [4.78, 5) is 21.9. The fourth-order valence-corrected chi connectivity index (χ4v) is 1.10. The van der Waals surface area contributed by atoms with Gasteiger partial charge in [0.05, 0.1) is 0 Å². The third-order valence-electron chi connectivity index (χ3n) is 1.84. The lowest BCUT2D eigenvalue weighted by molar-refractivity contribution is -0.117. The summed E-state index contributed by atoms with van der Waals surface area (Å²) in [5.74, 6) is -0.919. The molecule has 0 aliphatic carbocycles. The van der Waals surface area contributed by atoms with Gasteiger partial charge in [0.1, 0.15) is 11.9 Å². The van der Waals surface area contributed by atoms with E-state index >= 15 is 0 Å². The number of hydrogen-bond donors (Lipinski definition) is 3. The second-order valence-corrected chi connectivity index (χ2v) is 3.23. The van der Waals surface area contributed by atoms with Gasteiger partial charge in [0.15, 0.2) is 0 Å². The van der Waals surface area contributed by atoms with Crippen LogP contribution in [0.1, 0.15) is 6.92 Å². The summed E-state index contributed by atoms with van der Waals surface area (Å²) in [6, 6.07) is 3.88. The molecule has 86 valence electrons. The number of amides is 3. The van der Waals surface area contributed by atoms with Gasteiger partial charge in [-0.3, -0.25) is 4.79 Å². The van der Waals surface area contributed by atoms with Crippen molar-refractivity contribution in [2.45, 2.75) is 13.0 Å². The maximum absolute atomic E-state index is 12.8. The molecule has 0 spiro atoms. The van der Waals surface area contributed by atoms with Crippen molar-refractivity contribution in [1.29, 1.82) is 0 Å². The van der Waals surface area contributed by atoms with E-state index in [1.54, 1.807) is 0 Å². The molecule has 1 unspecified atom stereocenters. The highest BCUT2D eigenvalue weighted by Gasteiger charge is 2.13. The average Bonchev–Trinajstić information content (AvgIpc) is 2.16. The second kappa shape index (κ2) is 5.11. The van der Waals surface area contributed by atoms with Crippen molar-refractivity contribution in [3.8, 4) is 0 Å². The van der Waals surface area contributed by atoms with E-state index in [1.807, 2.05) is 0 Å². The third kappa shape index (κ3) is 3.56. The highest BCUT2D eigenvalue weighted by atomic mass is 19.1. The van der Waals surface area contributed by atoms with Crippen LogP contribution in [0.4, 0.5) is 14.9 Å². The number of halogens is 1. The maximum Gasteiger partial charge on any atom is 0.312 e. The lowest BCUT2D eigenvalue weighted by Crippen LogP contribution is -2.44. The molecule has 1 aromatic rings. The summed E-state index contributed by atoms with van der Waals surface area (Å²) >= 11 is 0. The van der Waals surface area contributed by atoms with E-state index in [0.717, 1.165) is 0 Å². The Hall–Kier alpha value is -2.11. The van der Waals surface area contributed by atoms with Crippen LogP contribution in [0.15, 0.2) is 24.3 Å². The maximum atomic E-state index is 12.8. The molecule has 0 fully saturated rings. The summed E-state index contributed by atoms with van der Waals surface area (Å²) < 4.78 is 12.8. The van der Waals surface area contributed by atoms with E-state index in [4.69, 9.17) is 5.73 Å². The molecule has 1 aromatic carbocycles. The van der Waals surface area contributed by atoms with Gasteiger partial charge in [-0.15, -0.1) is 0 Å². The highest BCUT2D eigenvalue weighted by Crippen LogP contribution is 2.09. The van der Waals surface area contributed by atoms with E-state index in [-0.39, 0.29) is 0 Å². The molecule has 0 saturated carbocycles. The molecule has 4 N–H and O–H groups in total. The van der Waals surface area contributed by atoms with Crippen molar-refractivity contribution in [3.63, 3.8) is 0 Å². The molecule has 0 aromatic heterocycles. The number of nitrogens with one attached hydrogen (secondary N) is 2. The van der Waals surface area contributed by atoms with Crippen LogP contribution in [0.5, 0.6) is 0 Å². The van der Waals surface area contributed by atoms with Crippen molar-refractivity contribution in [2.24, 2.45) is 5.73 Å². The van der Waals surface area contributed by atoms with E-state index in [2.05, 4.69) is 10.6 Å². The quantitative estimate of drug-likeness (QED) is 0.711. The van der Waals surface area contributed by atoms with Crippen LogP contribution >= 0.6 is 0 Å². The standard InChI is InChI=1S/C10H12FN3O2/c1-6(13-10(12)16)9(15)14-8-4-2-3-7(11)5-8/h2-6H,1H3,(H,14,15)(H3,12,13,16). The Morgan fingerprint density at radius 3 is 2.69 bits per heavy atom. The summed E-state index contributed by atoms with van der Waals surface area (Å²) in [7, 11) is 0. The van der Waals surface area contributed by atoms with Gasteiger partial charge >= 0.3 is 6.03 Å². The Morgan fingerprint density at radius 2 is 2.12 bits per heavy atom. The number of carbonyl (C=O) groups is 2. The Bertz CT molecular complexity index is 409. The van der Waals surface area contributed by atoms with Gasteiger partial charge in [-0.25, -0.2) is 9.18 Å². The monoisotopic (exact) mass is 225 g/mol. The first-order chi connectivity index (χ1) is 7.49. The molecule has 6 heteroatoms. The molecule has 0 saturated heterocycles. The number of rotatable bonds is 3. The third-order valence-corrected chi connectivity index (χ3v) is 1.84. The predicted molar refractivity (Wildman–Crippen MR) is 57.2 cm³/mol.